The number of hydrogen-bond donors (Lipinski definition) is 2. The van der Waals surface area contributed by atoms with E-state index in [1.165, 1.54) is 37.7 Å². The van der Waals surface area contributed by atoms with Gasteiger partial charge in [0, 0.05) is 12.3 Å². The summed E-state index contributed by atoms with van der Waals surface area (Å²) in [5.74, 6) is 0. The lowest BCUT2D eigenvalue weighted by atomic mass is 9.96. The summed E-state index contributed by atoms with van der Waals surface area (Å²) in [6, 6.07) is 10.7. The summed E-state index contributed by atoms with van der Waals surface area (Å²) in [6.07, 6.45) is 13.5. The standard InChI is InChI=1S/C19H24N6S/c26-19(21-17-10-5-2-6-11-17)23-20-13-7-12-18-15-25(24-22-18)14-16-8-3-1-4-9-16/h1,3-4,7-9,12-13,15,17H,2,5-6,10-11,14H2,(H2,21,23,26)/b12-7+,20-13-. The molecule has 0 radical (unpaired) electrons. The Labute approximate surface area is 159 Å². The van der Waals surface area contributed by atoms with Crippen LogP contribution in [0.2, 0.25) is 0 Å². The number of nitrogens with one attached hydrogen (secondary N) is 2. The Bertz CT molecular complexity index is 746. The number of hydrogen-bond acceptors (Lipinski definition) is 4. The highest BCUT2D eigenvalue weighted by Crippen LogP contribution is 2.17. The third kappa shape index (κ3) is 6.07. The zero-order valence-electron chi connectivity index (χ0n) is 14.7. The number of aromatic nitrogens is 3. The van der Waals surface area contributed by atoms with Gasteiger partial charge in [-0.15, -0.1) is 5.10 Å². The van der Waals surface area contributed by atoms with Crippen LogP contribution in [0.15, 0.2) is 47.7 Å². The molecule has 1 aromatic carbocycles. The summed E-state index contributed by atoms with van der Waals surface area (Å²) in [7, 11) is 0. The van der Waals surface area contributed by atoms with Gasteiger partial charge in [-0.3, -0.25) is 5.43 Å². The summed E-state index contributed by atoms with van der Waals surface area (Å²) >= 11 is 5.26. The van der Waals surface area contributed by atoms with Crippen molar-refractivity contribution in [2.24, 2.45) is 5.10 Å². The number of hydrazone groups is 1. The van der Waals surface area contributed by atoms with Crippen LogP contribution in [0.4, 0.5) is 0 Å². The Kier molecular flexibility index (Phi) is 6.89. The first-order valence-electron chi connectivity index (χ1n) is 9.00. The van der Waals surface area contributed by atoms with Gasteiger partial charge in [0.05, 0.1) is 12.7 Å². The molecule has 3 rings (SSSR count). The van der Waals surface area contributed by atoms with E-state index in [1.54, 1.807) is 6.21 Å². The van der Waals surface area contributed by atoms with Crippen molar-refractivity contribution in [3.05, 3.63) is 53.9 Å². The van der Waals surface area contributed by atoms with Gasteiger partial charge in [0.25, 0.3) is 0 Å². The normalized spacial score (nSPS) is 15.5. The van der Waals surface area contributed by atoms with Gasteiger partial charge < -0.3 is 5.32 Å². The van der Waals surface area contributed by atoms with Gasteiger partial charge in [-0.05, 0) is 42.8 Å². The van der Waals surface area contributed by atoms with E-state index in [0.717, 1.165) is 5.69 Å². The van der Waals surface area contributed by atoms with Crippen molar-refractivity contribution in [3.8, 4) is 0 Å². The van der Waals surface area contributed by atoms with Gasteiger partial charge in [-0.2, -0.15) is 5.10 Å². The molecule has 26 heavy (non-hydrogen) atoms. The van der Waals surface area contributed by atoms with E-state index in [2.05, 4.69) is 38.3 Å². The molecule has 1 aromatic heterocycles. The van der Waals surface area contributed by atoms with Crippen molar-refractivity contribution in [1.82, 2.24) is 25.7 Å². The molecule has 1 saturated carbocycles. The van der Waals surface area contributed by atoms with E-state index in [1.807, 2.05) is 41.2 Å². The number of allylic oxidation sites excluding steroid dienone is 1. The maximum atomic E-state index is 5.26. The third-order valence-electron chi connectivity index (χ3n) is 4.28. The van der Waals surface area contributed by atoms with Crippen molar-refractivity contribution >= 4 is 29.6 Å². The van der Waals surface area contributed by atoms with E-state index in [9.17, 15) is 0 Å². The fourth-order valence-electron chi connectivity index (χ4n) is 2.98. The summed E-state index contributed by atoms with van der Waals surface area (Å²) < 4.78 is 1.81. The lowest BCUT2D eigenvalue weighted by molar-refractivity contribution is 0.412. The second-order valence-electron chi connectivity index (χ2n) is 6.38. The third-order valence-corrected chi connectivity index (χ3v) is 4.49. The van der Waals surface area contributed by atoms with Crippen LogP contribution in [-0.2, 0) is 6.54 Å². The Morgan fingerprint density at radius 1 is 1.23 bits per heavy atom. The predicted molar refractivity (Wildman–Crippen MR) is 109 cm³/mol. The highest BCUT2D eigenvalue weighted by Gasteiger charge is 2.13. The Balaban J connectivity index is 1.40. The Morgan fingerprint density at radius 3 is 2.85 bits per heavy atom. The van der Waals surface area contributed by atoms with Crippen molar-refractivity contribution in [1.29, 1.82) is 0 Å². The quantitative estimate of drug-likeness (QED) is 0.466. The Hall–Kier alpha value is -2.54. The number of rotatable bonds is 6. The lowest BCUT2D eigenvalue weighted by Gasteiger charge is -2.23. The van der Waals surface area contributed by atoms with Gasteiger partial charge in [0.15, 0.2) is 5.11 Å². The summed E-state index contributed by atoms with van der Waals surface area (Å²) in [5, 5.41) is 16.3. The first-order valence-corrected chi connectivity index (χ1v) is 9.41. The SMILES string of the molecule is S=C(N/N=C\C=C\c1cn(Cc2ccccc2)nn1)NC1CCCCC1. The molecule has 0 amide bonds. The molecule has 0 aliphatic heterocycles. The minimum absolute atomic E-state index is 0.481. The Morgan fingerprint density at radius 2 is 2.04 bits per heavy atom. The molecule has 0 spiro atoms. The van der Waals surface area contributed by atoms with Crippen LogP contribution >= 0.6 is 12.2 Å². The van der Waals surface area contributed by atoms with Crippen LogP contribution in [0.25, 0.3) is 6.08 Å². The molecule has 1 aliphatic carbocycles. The van der Waals surface area contributed by atoms with Gasteiger partial charge >= 0.3 is 0 Å². The van der Waals surface area contributed by atoms with E-state index in [4.69, 9.17) is 12.2 Å². The maximum Gasteiger partial charge on any atom is 0.187 e. The monoisotopic (exact) mass is 368 g/mol. The van der Waals surface area contributed by atoms with Gasteiger partial charge in [-0.1, -0.05) is 54.8 Å². The summed E-state index contributed by atoms with van der Waals surface area (Å²) in [5.41, 5.74) is 4.83. The molecule has 2 aromatic rings. The molecule has 7 heteroatoms. The second kappa shape index (κ2) is 9.82. The molecule has 1 aliphatic rings. The minimum atomic E-state index is 0.481. The summed E-state index contributed by atoms with van der Waals surface area (Å²) in [4.78, 5) is 0. The first kappa shape index (κ1) is 18.3. The van der Waals surface area contributed by atoms with Gasteiger partial charge in [-0.25, -0.2) is 4.68 Å². The fourth-order valence-corrected chi connectivity index (χ4v) is 3.20. The minimum Gasteiger partial charge on any atom is -0.359 e. The molecule has 1 heterocycles. The second-order valence-corrected chi connectivity index (χ2v) is 6.79. The van der Waals surface area contributed by atoms with Gasteiger partial charge in [0.2, 0.25) is 0 Å². The van der Waals surface area contributed by atoms with Crippen LogP contribution in [0.1, 0.15) is 43.4 Å². The van der Waals surface area contributed by atoms with E-state index >= 15 is 0 Å². The van der Waals surface area contributed by atoms with E-state index in [0.29, 0.717) is 17.7 Å². The molecular formula is C19H24N6S. The van der Waals surface area contributed by atoms with Crippen LogP contribution in [0.5, 0.6) is 0 Å². The zero-order chi connectivity index (χ0) is 18.0. The number of benzene rings is 1. The number of thiocarbonyl (C=S) groups is 1. The van der Waals surface area contributed by atoms with E-state index < -0.39 is 0 Å². The van der Waals surface area contributed by atoms with E-state index in [-0.39, 0.29) is 0 Å². The average Bonchev–Trinajstić information content (AvgIpc) is 3.10. The molecule has 136 valence electrons. The molecule has 0 unspecified atom stereocenters. The highest BCUT2D eigenvalue weighted by atomic mass is 32.1. The topological polar surface area (TPSA) is 67.1 Å². The van der Waals surface area contributed by atoms with Gasteiger partial charge in [0.1, 0.15) is 5.69 Å². The maximum absolute atomic E-state index is 5.26. The van der Waals surface area contributed by atoms with Crippen LogP contribution in [0, 0.1) is 0 Å². The number of nitrogens with zero attached hydrogens (tertiary/aromatic N) is 4. The van der Waals surface area contributed by atoms with Crippen LogP contribution < -0.4 is 10.7 Å². The van der Waals surface area contributed by atoms with Crippen LogP contribution in [0.3, 0.4) is 0 Å². The largest absolute Gasteiger partial charge is 0.359 e. The molecular weight excluding hydrogens is 344 g/mol. The van der Waals surface area contributed by atoms with Crippen molar-refractivity contribution in [2.45, 2.75) is 44.7 Å². The molecule has 1 fully saturated rings. The van der Waals surface area contributed by atoms with Crippen molar-refractivity contribution in [3.63, 3.8) is 0 Å². The van der Waals surface area contributed by atoms with Crippen molar-refractivity contribution < 1.29 is 0 Å². The van der Waals surface area contributed by atoms with Crippen LogP contribution in [-0.4, -0.2) is 32.4 Å². The predicted octanol–water partition coefficient (Wildman–Crippen LogP) is 3.12. The molecule has 0 bridgehead atoms. The zero-order valence-corrected chi connectivity index (χ0v) is 15.5. The smallest absolute Gasteiger partial charge is 0.187 e. The summed E-state index contributed by atoms with van der Waals surface area (Å²) in [6.45, 7) is 0.707. The highest BCUT2D eigenvalue weighted by molar-refractivity contribution is 7.80. The molecule has 6 nitrogen and oxygen atoms in total. The molecule has 0 atom stereocenters. The average molecular weight is 369 g/mol. The fraction of sp³-hybridized carbons (Fsp3) is 0.368. The lowest BCUT2D eigenvalue weighted by Crippen LogP contribution is -2.40. The molecule has 0 saturated heterocycles. The molecule has 2 N–H and O–H groups in total. The van der Waals surface area contributed by atoms with Crippen molar-refractivity contribution in [2.75, 3.05) is 0 Å². The first-order chi connectivity index (χ1) is 12.8.